The van der Waals surface area contributed by atoms with E-state index in [0.29, 0.717) is 5.16 Å². The quantitative estimate of drug-likeness (QED) is 0.804. The van der Waals surface area contributed by atoms with Gasteiger partial charge in [0.25, 0.3) is 0 Å². The summed E-state index contributed by atoms with van der Waals surface area (Å²) in [5, 5.41) is 2.82. The molecule has 1 aromatic carbocycles. The fourth-order valence-corrected chi connectivity index (χ4v) is 2.63. The number of aromatic nitrogens is 3. The average Bonchev–Trinajstić information content (AvgIpc) is 2.36. The first-order valence-corrected chi connectivity index (χ1v) is 6.50. The Balaban J connectivity index is 2.45. The standard InChI is InChI=1S/C12H14N4O2S/c1-7(13)8-5-3-4-6-9(8)19-12-14-10(17)11(18)15-16(12)2/h3-7H,13H2,1-2H3,(H,15,18)/t7-/m1/s1. The molecule has 1 heterocycles. The number of rotatable bonds is 3. The molecule has 0 aliphatic carbocycles. The van der Waals surface area contributed by atoms with Crippen LogP contribution in [0, 0.1) is 0 Å². The van der Waals surface area contributed by atoms with E-state index in [1.807, 2.05) is 31.2 Å². The molecular weight excluding hydrogens is 264 g/mol. The molecule has 2 aromatic rings. The summed E-state index contributed by atoms with van der Waals surface area (Å²) < 4.78 is 1.42. The summed E-state index contributed by atoms with van der Waals surface area (Å²) in [6, 6.07) is 7.50. The molecule has 0 amide bonds. The third kappa shape index (κ3) is 2.94. The lowest BCUT2D eigenvalue weighted by molar-refractivity contribution is 0.596. The summed E-state index contributed by atoms with van der Waals surface area (Å²) in [7, 11) is 1.63. The lowest BCUT2D eigenvalue weighted by atomic mass is 10.1. The van der Waals surface area contributed by atoms with Gasteiger partial charge in [-0.25, -0.2) is 0 Å². The molecule has 0 saturated carbocycles. The normalized spacial score (nSPS) is 12.4. The molecule has 0 fully saturated rings. The van der Waals surface area contributed by atoms with Crippen LogP contribution in [0.25, 0.3) is 0 Å². The molecule has 3 N–H and O–H groups in total. The molecule has 0 bridgehead atoms. The zero-order valence-corrected chi connectivity index (χ0v) is 11.4. The van der Waals surface area contributed by atoms with Gasteiger partial charge in [-0.1, -0.05) is 18.2 Å². The van der Waals surface area contributed by atoms with E-state index in [-0.39, 0.29) is 6.04 Å². The number of nitrogens with one attached hydrogen (secondary N) is 1. The largest absolute Gasteiger partial charge is 0.339 e. The Kier molecular flexibility index (Phi) is 3.87. The van der Waals surface area contributed by atoms with Gasteiger partial charge >= 0.3 is 11.1 Å². The fraction of sp³-hybridized carbons (Fsp3) is 0.250. The Morgan fingerprint density at radius 2 is 2.05 bits per heavy atom. The Labute approximate surface area is 113 Å². The summed E-state index contributed by atoms with van der Waals surface area (Å²) >= 11 is 1.29. The van der Waals surface area contributed by atoms with E-state index in [2.05, 4.69) is 10.1 Å². The Bertz CT molecular complexity index is 705. The minimum absolute atomic E-state index is 0.122. The number of aryl methyl sites for hydroxylation is 1. The van der Waals surface area contributed by atoms with Gasteiger partial charge in [-0.05, 0) is 30.3 Å². The monoisotopic (exact) mass is 278 g/mol. The number of hydrogen-bond donors (Lipinski definition) is 2. The van der Waals surface area contributed by atoms with Crippen molar-refractivity contribution in [2.45, 2.75) is 23.0 Å². The fourth-order valence-electron chi connectivity index (χ4n) is 1.60. The zero-order chi connectivity index (χ0) is 14.0. The molecule has 0 spiro atoms. The van der Waals surface area contributed by atoms with Crippen LogP contribution < -0.4 is 16.9 Å². The second-order valence-corrected chi connectivity index (χ2v) is 5.14. The van der Waals surface area contributed by atoms with Crippen molar-refractivity contribution in [3.05, 3.63) is 50.5 Å². The van der Waals surface area contributed by atoms with Crippen molar-refractivity contribution in [1.82, 2.24) is 14.8 Å². The van der Waals surface area contributed by atoms with Gasteiger partial charge in [0.15, 0.2) is 5.16 Å². The number of aromatic amines is 1. The first-order chi connectivity index (χ1) is 8.99. The molecule has 0 unspecified atom stereocenters. The molecule has 100 valence electrons. The lowest BCUT2D eigenvalue weighted by Gasteiger charge is -2.12. The number of benzene rings is 1. The average molecular weight is 278 g/mol. The minimum atomic E-state index is -0.793. The first-order valence-electron chi connectivity index (χ1n) is 5.68. The van der Waals surface area contributed by atoms with Crippen LogP contribution in [-0.2, 0) is 7.05 Å². The van der Waals surface area contributed by atoms with Crippen LogP contribution in [0.1, 0.15) is 18.5 Å². The van der Waals surface area contributed by atoms with Crippen LogP contribution >= 0.6 is 11.8 Å². The summed E-state index contributed by atoms with van der Waals surface area (Å²) in [5.41, 5.74) is 5.34. The van der Waals surface area contributed by atoms with E-state index in [1.54, 1.807) is 7.05 Å². The number of hydrogen-bond acceptors (Lipinski definition) is 5. The minimum Gasteiger partial charge on any atom is -0.324 e. The van der Waals surface area contributed by atoms with Crippen molar-refractivity contribution in [1.29, 1.82) is 0 Å². The molecule has 0 aliphatic rings. The summed E-state index contributed by atoms with van der Waals surface area (Å²) in [5.74, 6) is 0. The molecule has 2 rings (SSSR count). The third-order valence-corrected chi connectivity index (χ3v) is 3.70. The maximum Gasteiger partial charge on any atom is 0.339 e. The SMILES string of the molecule is C[C@@H](N)c1ccccc1Sc1nc(=O)c(=O)[nH]n1C. The van der Waals surface area contributed by atoms with Crippen molar-refractivity contribution in [3.63, 3.8) is 0 Å². The summed E-state index contributed by atoms with van der Waals surface area (Å²) in [4.78, 5) is 27.1. The predicted molar refractivity (Wildman–Crippen MR) is 73.3 cm³/mol. The third-order valence-electron chi connectivity index (χ3n) is 2.56. The lowest BCUT2D eigenvalue weighted by Crippen LogP contribution is -2.33. The molecular formula is C12H14N4O2S. The highest BCUT2D eigenvalue weighted by Gasteiger charge is 2.11. The van der Waals surface area contributed by atoms with Gasteiger partial charge in [-0.15, -0.1) is 0 Å². The van der Waals surface area contributed by atoms with Gasteiger partial charge in [-0.2, -0.15) is 4.98 Å². The van der Waals surface area contributed by atoms with Gasteiger partial charge in [0, 0.05) is 18.0 Å². The molecule has 1 aromatic heterocycles. The van der Waals surface area contributed by atoms with E-state index in [4.69, 9.17) is 5.73 Å². The zero-order valence-electron chi connectivity index (χ0n) is 10.6. The number of H-pyrrole nitrogens is 1. The van der Waals surface area contributed by atoms with Crippen LogP contribution in [0.4, 0.5) is 0 Å². The molecule has 0 saturated heterocycles. The number of nitrogens with two attached hydrogens (primary N) is 1. The first kappa shape index (κ1) is 13.6. The van der Waals surface area contributed by atoms with Crippen molar-refractivity contribution >= 4 is 11.8 Å². The van der Waals surface area contributed by atoms with Gasteiger partial charge in [0.05, 0.1) is 0 Å². The Morgan fingerprint density at radius 1 is 1.37 bits per heavy atom. The summed E-state index contributed by atoms with van der Waals surface area (Å²) in [6.45, 7) is 1.89. The highest BCUT2D eigenvalue weighted by Crippen LogP contribution is 2.30. The smallest absolute Gasteiger partial charge is 0.324 e. The maximum atomic E-state index is 11.3. The van der Waals surface area contributed by atoms with Gasteiger partial charge < -0.3 is 5.73 Å². The molecule has 6 nitrogen and oxygen atoms in total. The van der Waals surface area contributed by atoms with E-state index in [9.17, 15) is 9.59 Å². The van der Waals surface area contributed by atoms with Gasteiger partial charge in [-0.3, -0.25) is 19.4 Å². The second kappa shape index (κ2) is 5.41. The highest BCUT2D eigenvalue weighted by molar-refractivity contribution is 7.99. The van der Waals surface area contributed by atoms with Crippen molar-refractivity contribution in [2.75, 3.05) is 0 Å². The van der Waals surface area contributed by atoms with E-state index < -0.39 is 11.1 Å². The van der Waals surface area contributed by atoms with Crippen LogP contribution in [0.5, 0.6) is 0 Å². The topological polar surface area (TPSA) is 93.8 Å². The van der Waals surface area contributed by atoms with E-state index >= 15 is 0 Å². The van der Waals surface area contributed by atoms with Crippen LogP contribution in [0.3, 0.4) is 0 Å². The van der Waals surface area contributed by atoms with Gasteiger partial charge in [0.2, 0.25) is 0 Å². The predicted octanol–water partition coefficient (Wildman–Crippen LogP) is 0.639. The van der Waals surface area contributed by atoms with E-state index in [0.717, 1.165) is 10.5 Å². The molecule has 0 aliphatic heterocycles. The maximum absolute atomic E-state index is 11.3. The van der Waals surface area contributed by atoms with Crippen molar-refractivity contribution in [3.8, 4) is 0 Å². The van der Waals surface area contributed by atoms with Crippen LogP contribution in [0.15, 0.2) is 43.9 Å². The highest BCUT2D eigenvalue weighted by atomic mass is 32.2. The summed E-state index contributed by atoms with van der Waals surface area (Å²) in [6.07, 6.45) is 0. The Hall–Kier alpha value is -1.86. The van der Waals surface area contributed by atoms with Crippen molar-refractivity contribution in [2.24, 2.45) is 12.8 Å². The molecule has 19 heavy (non-hydrogen) atoms. The number of nitrogens with zero attached hydrogens (tertiary/aromatic N) is 2. The molecule has 7 heteroatoms. The molecule has 1 atom stereocenters. The van der Waals surface area contributed by atoms with Gasteiger partial charge in [0.1, 0.15) is 0 Å². The van der Waals surface area contributed by atoms with Crippen LogP contribution in [0.2, 0.25) is 0 Å². The molecule has 0 radical (unpaired) electrons. The van der Waals surface area contributed by atoms with Crippen molar-refractivity contribution < 1.29 is 0 Å². The second-order valence-electron chi connectivity index (χ2n) is 4.13. The van der Waals surface area contributed by atoms with E-state index in [1.165, 1.54) is 16.4 Å². The van der Waals surface area contributed by atoms with Crippen LogP contribution in [-0.4, -0.2) is 14.8 Å². The Morgan fingerprint density at radius 3 is 2.74 bits per heavy atom.